The van der Waals surface area contributed by atoms with Gasteiger partial charge in [-0.05, 0) is 49.1 Å². The predicted molar refractivity (Wildman–Crippen MR) is 116 cm³/mol. The number of rotatable bonds is 7. The summed E-state index contributed by atoms with van der Waals surface area (Å²) >= 11 is 1.64. The third kappa shape index (κ3) is 4.84. The summed E-state index contributed by atoms with van der Waals surface area (Å²) < 4.78 is 14.1. The number of carbonyl (C=O) groups is 2. The smallest absolute Gasteiger partial charge is 0.223 e. The summed E-state index contributed by atoms with van der Waals surface area (Å²) in [5.74, 6) is -0.404. The van der Waals surface area contributed by atoms with E-state index in [1.54, 1.807) is 23.5 Å². The van der Waals surface area contributed by atoms with Crippen LogP contribution in [0.2, 0.25) is 0 Å². The maximum Gasteiger partial charge on any atom is 0.223 e. The number of para-hydroxylation sites is 1. The molecule has 0 spiro atoms. The molecule has 0 unspecified atom stereocenters. The summed E-state index contributed by atoms with van der Waals surface area (Å²) in [6, 6.07) is 14.3. The van der Waals surface area contributed by atoms with Crippen molar-refractivity contribution in [3.63, 3.8) is 0 Å². The fourth-order valence-corrected chi connectivity index (χ4v) is 4.92. The Morgan fingerprint density at radius 1 is 1.13 bits per heavy atom. The maximum atomic E-state index is 12.9. The average Bonchev–Trinajstić information content (AvgIpc) is 3.40. The standard InChI is InChI=1S/C23H24FN3O2S/c24-17-9-7-16(8-10-17)13-14-25-21(28)11-12-22(29)27-15-3-5-19(27)23-26-18-4-1-2-6-20(18)30-23/h1-2,4,6-10,19H,3,5,11-15H2,(H,25,28)/t19-/m1/s1. The number of likely N-dealkylation sites (tertiary alicyclic amines) is 1. The number of thiazole rings is 1. The number of aromatic nitrogens is 1. The average molecular weight is 426 g/mol. The molecule has 4 rings (SSSR count). The minimum absolute atomic E-state index is 0.00504. The molecule has 5 nitrogen and oxygen atoms in total. The molecule has 1 aromatic heterocycles. The SMILES string of the molecule is O=C(CCC(=O)N1CCC[C@@H]1c1nc2ccccc2s1)NCCc1ccc(F)cc1. The van der Waals surface area contributed by atoms with Gasteiger partial charge in [0.05, 0.1) is 16.3 Å². The number of carbonyl (C=O) groups excluding carboxylic acids is 2. The third-order valence-electron chi connectivity index (χ3n) is 5.38. The van der Waals surface area contributed by atoms with Gasteiger partial charge in [-0.2, -0.15) is 0 Å². The Hall–Kier alpha value is -2.80. The second kappa shape index (κ2) is 9.34. The van der Waals surface area contributed by atoms with E-state index >= 15 is 0 Å². The first-order chi connectivity index (χ1) is 14.6. The number of nitrogens with one attached hydrogen (secondary N) is 1. The molecule has 2 heterocycles. The van der Waals surface area contributed by atoms with Crippen LogP contribution in [0.3, 0.4) is 0 Å². The number of halogens is 1. The zero-order chi connectivity index (χ0) is 20.9. The molecule has 1 saturated heterocycles. The molecule has 2 amide bonds. The Bertz CT molecular complexity index is 1000. The number of nitrogens with zero attached hydrogens (tertiary/aromatic N) is 2. The summed E-state index contributed by atoms with van der Waals surface area (Å²) in [4.78, 5) is 31.5. The normalized spacial score (nSPS) is 16.2. The minimum atomic E-state index is -0.271. The Balaban J connectivity index is 1.26. The highest BCUT2D eigenvalue weighted by molar-refractivity contribution is 7.18. The van der Waals surface area contributed by atoms with Crippen LogP contribution in [0.5, 0.6) is 0 Å². The fourth-order valence-electron chi connectivity index (χ4n) is 3.80. The van der Waals surface area contributed by atoms with E-state index in [0.29, 0.717) is 19.5 Å². The molecule has 7 heteroatoms. The van der Waals surface area contributed by atoms with Gasteiger partial charge in [0, 0.05) is 25.9 Å². The third-order valence-corrected chi connectivity index (χ3v) is 6.52. The second-order valence-electron chi connectivity index (χ2n) is 7.49. The summed E-state index contributed by atoms with van der Waals surface area (Å²) in [6.07, 6.45) is 2.87. The molecule has 1 aliphatic heterocycles. The molecule has 1 aliphatic rings. The minimum Gasteiger partial charge on any atom is -0.356 e. The highest BCUT2D eigenvalue weighted by atomic mass is 32.1. The van der Waals surface area contributed by atoms with Crippen LogP contribution < -0.4 is 5.32 Å². The second-order valence-corrected chi connectivity index (χ2v) is 8.55. The van der Waals surface area contributed by atoms with Crippen LogP contribution in [0.1, 0.15) is 42.3 Å². The zero-order valence-electron chi connectivity index (χ0n) is 16.6. The quantitative estimate of drug-likeness (QED) is 0.616. The van der Waals surface area contributed by atoms with Crippen LogP contribution in [0.15, 0.2) is 48.5 Å². The number of benzene rings is 2. The van der Waals surface area contributed by atoms with Crippen molar-refractivity contribution >= 4 is 33.4 Å². The van der Waals surface area contributed by atoms with Crippen molar-refractivity contribution in [3.8, 4) is 0 Å². The number of hydrogen-bond donors (Lipinski definition) is 1. The highest BCUT2D eigenvalue weighted by Gasteiger charge is 2.32. The van der Waals surface area contributed by atoms with Gasteiger partial charge >= 0.3 is 0 Å². The summed E-state index contributed by atoms with van der Waals surface area (Å²) in [7, 11) is 0. The Labute approximate surface area is 178 Å². The maximum absolute atomic E-state index is 12.9. The molecule has 1 fully saturated rings. The van der Waals surface area contributed by atoms with Crippen LogP contribution in [0, 0.1) is 5.82 Å². The molecule has 1 atom stereocenters. The monoisotopic (exact) mass is 425 g/mol. The van der Waals surface area contributed by atoms with E-state index in [1.165, 1.54) is 12.1 Å². The molecule has 1 N–H and O–H groups in total. The lowest BCUT2D eigenvalue weighted by molar-refractivity contribution is -0.134. The van der Waals surface area contributed by atoms with Crippen molar-refractivity contribution in [2.75, 3.05) is 13.1 Å². The van der Waals surface area contributed by atoms with Crippen LogP contribution >= 0.6 is 11.3 Å². The molecule has 0 bridgehead atoms. The van der Waals surface area contributed by atoms with Crippen molar-refractivity contribution in [3.05, 3.63) is 64.9 Å². The van der Waals surface area contributed by atoms with Crippen molar-refractivity contribution in [2.24, 2.45) is 0 Å². The van der Waals surface area contributed by atoms with Crippen molar-refractivity contribution in [1.82, 2.24) is 15.2 Å². The molecule has 0 radical (unpaired) electrons. The van der Waals surface area contributed by atoms with Gasteiger partial charge in [-0.1, -0.05) is 24.3 Å². The summed E-state index contributed by atoms with van der Waals surface area (Å²) in [5, 5.41) is 3.82. The fraction of sp³-hybridized carbons (Fsp3) is 0.348. The van der Waals surface area contributed by atoms with Gasteiger partial charge < -0.3 is 10.2 Å². The van der Waals surface area contributed by atoms with Crippen molar-refractivity contribution < 1.29 is 14.0 Å². The van der Waals surface area contributed by atoms with E-state index in [4.69, 9.17) is 4.98 Å². The summed E-state index contributed by atoms with van der Waals surface area (Å²) in [6.45, 7) is 1.18. The van der Waals surface area contributed by atoms with E-state index in [1.807, 2.05) is 29.2 Å². The topological polar surface area (TPSA) is 62.3 Å². The van der Waals surface area contributed by atoms with E-state index in [2.05, 4.69) is 5.32 Å². The largest absolute Gasteiger partial charge is 0.356 e. The van der Waals surface area contributed by atoms with Crippen LogP contribution in [0.25, 0.3) is 10.2 Å². The van der Waals surface area contributed by atoms with Gasteiger partial charge in [-0.15, -0.1) is 11.3 Å². The van der Waals surface area contributed by atoms with Crippen molar-refractivity contribution in [1.29, 1.82) is 0 Å². The molecule has 3 aromatic rings. The van der Waals surface area contributed by atoms with Gasteiger partial charge in [0.15, 0.2) is 0 Å². The number of fused-ring (bicyclic) bond motifs is 1. The van der Waals surface area contributed by atoms with E-state index in [0.717, 1.165) is 33.6 Å². The van der Waals surface area contributed by atoms with E-state index in [-0.39, 0.29) is 36.5 Å². The van der Waals surface area contributed by atoms with Crippen LogP contribution in [0.4, 0.5) is 4.39 Å². The van der Waals surface area contributed by atoms with Gasteiger partial charge in [0.25, 0.3) is 0 Å². The first-order valence-electron chi connectivity index (χ1n) is 10.3. The lowest BCUT2D eigenvalue weighted by Crippen LogP contribution is -2.32. The Morgan fingerprint density at radius 3 is 2.73 bits per heavy atom. The Kier molecular flexibility index (Phi) is 6.38. The van der Waals surface area contributed by atoms with E-state index in [9.17, 15) is 14.0 Å². The molecule has 30 heavy (non-hydrogen) atoms. The van der Waals surface area contributed by atoms with Gasteiger partial charge in [-0.3, -0.25) is 9.59 Å². The molecule has 156 valence electrons. The van der Waals surface area contributed by atoms with E-state index < -0.39 is 0 Å². The number of amides is 2. The van der Waals surface area contributed by atoms with Gasteiger partial charge in [0.2, 0.25) is 11.8 Å². The van der Waals surface area contributed by atoms with Crippen LogP contribution in [-0.2, 0) is 16.0 Å². The summed E-state index contributed by atoms with van der Waals surface area (Å²) in [5.41, 5.74) is 1.93. The first kappa shape index (κ1) is 20.5. The van der Waals surface area contributed by atoms with Crippen LogP contribution in [-0.4, -0.2) is 34.8 Å². The van der Waals surface area contributed by atoms with Gasteiger partial charge in [0.1, 0.15) is 10.8 Å². The predicted octanol–water partition coefficient (Wildman–Crippen LogP) is 4.24. The molecular weight excluding hydrogens is 401 g/mol. The Morgan fingerprint density at radius 2 is 1.93 bits per heavy atom. The molecule has 0 aliphatic carbocycles. The van der Waals surface area contributed by atoms with Gasteiger partial charge in [-0.25, -0.2) is 9.37 Å². The van der Waals surface area contributed by atoms with Crippen molar-refractivity contribution in [2.45, 2.75) is 38.1 Å². The highest BCUT2D eigenvalue weighted by Crippen LogP contribution is 2.36. The zero-order valence-corrected chi connectivity index (χ0v) is 17.5. The molecule has 2 aromatic carbocycles. The molecular formula is C23H24FN3O2S. The number of hydrogen-bond acceptors (Lipinski definition) is 4. The lowest BCUT2D eigenvalue weighted by Gasteiger charge is -2.23. The molecule has 0 saturated carbocycles. The first-order valence-corrected chi connectivity index (χ1v) is 11.1. The lowest BCUT2D eigenvalue weighted by atomic mass is 10.1.